The molecule has 138 valence electrons. The van der Waals surface area contributed by atoms with E-state index < -0.39 is 6.04 Å². The van der Waals surface area contributed by atoms with Gasteiger partial charge in [-0.3, -0.25) is 14.5 Å². The summed E-state index contributed by atoms with van der Waals surface area (Å²) < 4.78 is 10.8. The second kappa shape index (κ2) is 8.64. The first-order valence-corrected chi connectivity index (χ1v) is 8.62. The number of likely N-dealkylation sites (N-methyl/N-ethyl adjacent to an activating group) is 1. The molecular weight excluding hydrogens is 334 g/mol. The number of hydrogen-bond acceptors (Lipinski definition) is 5. The van der Waals surface area contributed by atoms with Crippen LogP contribution in [-0.4, -0.2) is 50.1 Å². The summed E-state index contributed by atoms with van der Waals surface area (Å²) in [5, 5.41) is 5.36. The van der Waals surface area contributed by atoms with Gasteiger partial charge >= 0.3 is 0 Å². The molecule has 1 aromatic carbocycles. The Morgan fingerprint density at radius 3 is 2.62 bits per heavy atom. The lowest BCUT2D eigenvalue weighted by atomic mass is 10.1. The number of carbonyl (C=O) groups excluding carboxylic acids is 2. The smallest absolute Gasteiger partial charge is 0.255 e. The molecule has 1 saturated heterocycles. The van der Waals surface area contributed by atoms with Crippen LogP contribution in [-0.2, 0) is 16.1 Å². The average molecular weight is 357 g/mol. The fraction of sp³-hybridized carbons (Fsp3) is 0.368. The molecule has 0 saturated carbocycles. The minimum Gasteiger partial charge on any atom is -0.467 e. The largest absolute Gasteiger partial charge is 0.467 e. The van der Waals surface area contributed by atoms with E-state index in [2.05, 4.69) is 15.5 Å². The van der Waals surface area contributed by atoms with Crippen molar-refractivity contribution in [2.24, 2.45) is 0 Å². The van der Waals surface area contributed by atoms with Crippen molar-refractivity contribution in [2.75, 3.05) is 33.4 Å². The van der Waals surface area contributed by atoms with E-state index in [-0.39, 0.29) is 11.8 Å². The van der Waals surface area contributed by atoms with Gasteiger partial charge in [-0.05, 0) is 11.6 Å². The maximum absolute atomic E-state index is 12.6. The van der Waals surface area contributed by atoms with Crippen molar-refractivity contribution in [1.82, 2.24) is 15.5 Å². The van der Waals surface area contributed by atoms with Crippen LogP contribution in [0.15, 0.2) is 47.1 Å². The third-order valence-corrected chi connectivity index (χ3v) is 4.32. The van der Waals surface area contributed by atoms with Crippen LogP contribution in [0.1, 0.15) is 27.7 Å². The lowest BCUT2D eigenvalue weighted by molar-refractivity contribution is -0.122. The van der Waals surface area contributed by atoms with Crippen molar-refractivity contribution < 1.29 is 18.7 Å². The van der Waals surface area contributed by atoms with Crippen LogP contribution in [0, 0.1) is 0 Å². The molecule has 2 N–H and O–H groups in total. The molecule has 0 bridgehead atoms. The zero-order valence-corrected chi connectivity index (χ0v) is 14.7. The first-order valence-electron chi connectivity index (χ1n) is 8.62. The van der Waals surface area contributed by atoms with Gasteiger partial charge in [0.2, 0.25) is 5.91 Å². The third kappa shape index (κ3) is 4.50. The number of ether oxygens (including phenoxy) is 1. The second-order valence-electron chi connectivity index (χ2n) is 6.12. The molecule has 1 atom stereocenters. The zero-order chi connectivity index (χ0) is 18.4. The van der Waals surface area contributed by atoms with Gasteiger partial charge < -0.3 is 19.8 Å². The van der Waals surface area contributed by atoms with E-state index in [0.717, 1.165) is 18.7 Å². The molecule has 26 heavy (non-hydrogen) atoms. The Balaban J connectivity index is 1.67. The van der Waals surface area contributed by atoms with Crippen LogP contribution in [0.3, 0.4) is 0 Å². The molecule has 0 radical (unpaired) electrons. The second-order valence-corrected chi connectivity index (χ2v) is 6.12. The summed E-state index contributed by atoms with van der Waals surface area (Å²) in [6, 6.07) is 10.1. The first-order chi connectivity index (χ1) is 12.7. The van der Waals surface area contributed by atoms with E-state index in [0.29, 0.717) is 31.1 Å². The Kier molecular flexibility index (Phi) is 6.04. The number of furan rings is 1. The predicted molar refractivity (Wildman–Crippen MR) is 95.5 cm³/mol. The van der Waals surface area contributed by atoms with Gasteiger partial charge in [-0.2, -0.15) is 0 Å². The molecular formula is C19H23N3O4. The van der Waals surface area contributed by atoms with Gasteiger partial charge in [0, 0.05) is 20.1 Å². The number of nitrogens with zero attached hydrogens (tertiary/aromatic N) is 1. The number of morpholine rings is 1. The first kappa shape index (κ1) is 18.2. The summed E-state index contributed by atoms with van der Waals surface area (Å²) in [5.74, 6) is 0.0919. The van der Waals surface area contributed by atoms with Crippen LogP contribution in [0.25, 0.3) is 0 Å². The van der Waals surface area contributed by atoms with Gasteiger partial charge in [-0.15, -0.1) is 0 Å². The van der Waals surface area contributed by atoms with Gasteiger partial charge in [-0.1, -0.05) is 30.3 Å². The van der Waals surface area contributed by atoms with E-state index >= 15 is 0 Å². The van der Waals surface area contributed by atoms with E-state index in [1.165, 1.54) is 6.26 Å². The van der Waals surface area contributed by atoms with Crippen molar-refractivity contribution in [3.63, 3.8) is 0 Å². The van der Waals surface area contributed by atoms with Crippen LogP contribution >= 0.6 is 0 Å². The monoisotopic (exact) mass is 357 g/mol. The molecule has 7 nitrogen and oxygen atoms in total. The maximum Gasteiger partial charge on any atom is 0.255 e. The summed E-state index contributed by atoms with van der Waals surface area (Å²) in [7, 11) is 1.54. The van der Waals surface area contributed by atoms with Crippen molar-refractivity contribution >= 4 is 11.8 Å². The number of amides is 2. The maximum atomic E-state index is 12.6. The highest BCUT2D eigenvalue weighted by Crippen LogP contribution is 2.16. The normalized spacial score (nSPS) is 16.0. The Bertz CT molecular complexity index is 738. The molecule has 2 heterocycles. The van der Waals surface area contributed by atoms with Gasteiger partial charge in [-0.25, -0.2) is 0 Å². The van der Waals surface area contributed by atoms with Gasteiger partial charge in [0.1, 0.15) is 18.1 Å². The summed E-state index contributed by atoms with van der Waals surface area (Å²) >= 11 is 0. The lowest BCUT2D eigenvalue weighted by Crippen LogP contribution is -2.39. The Hall–Kier alpha value is -2.64. The summed E-state index contributed by atoms with van der Waals surface area (Å²) in [5.41, 5.74) is 1.12. The predicted octanol–water partition coefficient (Wildman–Crippen LogP) is 1.33. The molecule has 2 aromatic rings. The fourth-order valence-electron chi connectivity index (χ4n) is 2.87. The number of benzene rings is 1. The highest BCUT2D eigenvalue weighted by molar-refractivity contribution is 5.97. The quantitative estimate of drug-likeness (QED) is 0.815. The molecule has 1 aliphatic rings. The topological polar surface area (TPSA) is 83.8 Å². The number of carbonyl (C=O) groups is 2. The van der Waals surface area contributed by atoms with E-state index in [9.17, 15) is 9.59 Å². The summed E-state index contributed by atoms with van der Waals surface area (Å²) in [6.07, 6.45) is 1.43. The molecule has 2 amide bonds. The van der Waals surface area contributed by atoms with E-state index in [1.54, 1.807) is 25.2 Å². The minimum atomic E-state index is -0.758. The van der Waals surface area contributed by atoms with Gasteiger partial charge in [0.15, 0.2) is 0 Å². The highest BCUT2D eigenvalue weighted by atomic mass is 16.5. The van der Waals surface area contributed by atoms with Crippen LogP contribution < -0.4 is 10.6 Å². The molecule has 0 aliphatic carbocycles. The molecule has 3 rings (SSSR count). The molecule has 7 heteroatoms. The summed E-state index contributed by atoms with van der Waals surface area (Å²) in [4.78, 5) is 27.0. The Labute approximate surface area is 152 Å². The fourth-order valence-corrected chi connectivity index (χ4v) is 2.87. The standard InChI is InChI=1S/C19H23N3O4/c1-20-19(24)17(14-5-3-2-4-6-14)21-18(23)15-11-16(26-13-15)12-22-7-9-25-10-8-22/h2-6,11,13,17H,7-10,12H2,1H3,(H,20,24)(H,21,23)/t17-/m0/s1. The minimum absolute atomic E-state index is 0.276. The van der Waals surface area contributed by atoms with Crippen molar-refractivity contribution in [2.45, 2.75) is 12.6 Å². The SMILES string of the molecule is CNC(=O)[C@@H](NC(=O)c1coc(CN2CCOCC2)c1)c1ccccc1. The third-order valence-electron chi connectivity index (χ3n) is 4.32. The molecule has 1 aliphatic heterocycles. The summed E-state index contributed by atoms with van der Waals surface area (Å²) in [6.45, 7) is 3.73. The Morgan fingerprint density at radius 1 is 1.19 bits per heavy atom. The Morgan fingerprint density at radius 2 is 1.92 bits per heavy atom. The van der Waals surface area contributed by atoms with Crippen LogP contribution in [0.5, 0.6) is 0 Å². The molecule has 0 spiro atoms. The van der Waals surface area contributed by atoms with Crippen LogP contribution in [0.2, 0.25) is 0 Å². The van der Waals surface area contributed by atoms with Gasteiger partial charge in [0.05, 0.1) is 25.3 Å². The molecule has 1 aromatic heterocycles. The number of hydrogen-bond donors (Lipinski definition) is 2. The number of nitrogens with one attached hydrogen (secondary N) is 2. The molecule has 0 unspecified atom stereocenters. The zero-order valence-electron chi connectivity index (χ0n) is 14.7. The van der Waals surface area contributed by atoms with E-state index in [1.807, 2.05) is 18.2 Å². The van der Waals surface area contributed by atoms with Crippen molar-refractivity contribution in [3.8, 4) is 0 Å². The van der Waals surface area contributed by atoms with E-state index in [4.69, 9.17) is 9.15 Å². The lowest BCUT2D eigenvalue weighted by Gasteiger charge is -2.25. The molecule has 1 fully saturated rings. The highest BCUT2D eigenvalue weighted by Gasteiger charge is 2.23. The van der Waals surface area contributed by atoms with Crippen LogP contribution in [0.4, 0.5) is 0 Å². The van der Waals surface area contributed by atoms with Crippen molar-refractivity contribution in [1.29, 1.82) is 0 Å². The van der Waals surface area contributed by atoms with Crippen molar-refractivity contribution in [3.05, 3.63) is 59.5 Å². The number of rotatable bonds is 6. The van der Waals surface area contributed by atoms with Gasteiger partial charge in [0.25, 0.3) is 5.91 Å². The average Bonchev–Trinajstić information content (AvgIpc) is 3.15.